The first-order valence-electron chi connectivity index (χ1n) is 8.88. The van der Waals surface area contributed by atoms with E-state index in [9.17, 15) is 14.4 Å². The number of carbonyl (C=O) groups is 3. The zero-order valence-corrected chi connectivity index (χ0v) is 14.9. The molecule has 1 heterocycles. The van der Waals surface area contributed by atoms with Crippen LogP contribution in [0.1, 0.15) is 12.0 Å². The highest BCUT2D eigenvalue weighted by atomic mass is 16.2. The summed E-state index contributed by atoms with van der Waals surface area (Å²) < 4.78 is 0. The standard InChI is InChI=1S/C20H22N4O3/c25-18(23-16-9-2-1-3-10-16)13-21-20(27)22-14-19(26)24-12-6-8-15-7-4-5-11-17(15)24/h1-5,7,9-11H,6,8,12-14H2,(H,23,25)(H2,21,22,27). The lowest BCUT2D eigenvalue weighted by Gasteiger charge is -2.29. The van der Waals surface area contributed by atoms with Crippen molar-refractivity contribution in [2.24, 2.45) is 0 Å². The molecule has 3 N–H and O–H groups in total. The Kier molecular flexibility index (Phi) is 6.04. The Morgan fingerprint density at radius 2 is 1.59 bits per heavy atom. The van der Waals surface area contributed by atoms with Crippen molar-refractivity contribution in [1.29, 1.82) is 0 Å². The summed E-state index contributed by atoms with van der Waals surface area (Å²) in [5, 5.41) is 7.62. The minimum Gasteiger partial charge on any atom is -0.329 e. The first-order chi connectivity index (χ1) is 13.1. The molecule has 0 radical (unpaired) electrons. The Balaban J connectivity index is 1.43. The van der Waals surface area contributed by atoms with Crippen LogP contribution in [0.3, 0.4) is 0 Å². The van der Waals surface area contributed by atoms with Crippen LogP contribution in [0, 0.1) is 0 Å². The average Bonchev–Trinajstić information content (AvgIpc) is 2.70. The summed E-state index contributed by atoms with van der Waals surface area (Å²) in [5.74, 6) is -0.515. The Hall–Kier alpha value is -3.35. The molecule has 2 aromatic rings. The Morgan fingerprint density at radius 1 is 0.889 bits per heavy atom. The molecule has 4 amide bonds. The van der Waals surface area contributed by atoms with Gasteiger partial charge in [0, 0.05) is 17.9 Å². The molecule has 0 bridgehead atoms. The lowest BCUT2D eigenvalue weighted by molar-refractivity contribution is -0.117. The monoisotopic (exact) mass is 366 g/mol. The molecule has 0 aliphatic carbocycles. The van der Waals surface area contributed by atoms with Crippen LogP contribution in [-0.4, -0.2) is 37.5 Å². The van der Waals surface area contributed by atoms with Gasteiger partial charge in [0.1, 0.15) is 0 Å². The van der Waals surface area contributed by atoms with Crippen LogP contribution in [0.5, 0.6) is 0 Å². The van der Waals surface area contributed by atoms with Crippen molar-refractivity contribution in [3.63, 3.8) is 0 Å². The van der Waals surface area contributed by atoms with Crippen molar-refractivity contribution >= 4 is 29.2 Å². The van der Waals surface area contributed by atoms with Gasteiger partial charge in [-0.3, -0.25) is 9.59 Å². The number of fused-ring (bicyclic) bond motifs is 1. The number of aryl methyl sites for hydroxylation is 1. The van der Waals surface area contributed by atoms with Crippen molar-refractivity contribution in [1.82, 2.24) is 10.6 Å². The number of nitrogens with zero attached hydrogens (tertiary/aromatic N) is 1. The molecule has 2 aromatic carbocycles. The van der Waals surface area contributed by atoms with Crippen LogP contribution in [0.2, 0.25) is 0 Å². The number of amides is 4. The fourth-order valence-corrected chi connectivity index (χ4v) is 2.99. The van der Waals surface area contributed by atoms with Gasteiger partial charge in [-0.25, -0.2) is 4.79 Å². The molecule has 0 spiro atoms. The van der Waals surface area contributed by atoms with E-state index in [-0.39, 0.29) is 24.9 Å². The summed E-state index contributed by atoms with van der Waals surface area (Å²) in [7, 11) is 0. The summed E-state index contributed by atoms with van der Waals surface area (Å²) >= 11 is 0. The van der Waals surface area contributed by atoms with E-state index >= 15 is 0 Å². The third kappa shape index (κ3) is 5.07. The molecule has 7 nitrogen and oxygen atoms in total. The number of anilines is 2. The number of hydrogen-bond acceptors (Lipinski definition) is 3. The molecule has 7 heteroatoms. The number of rotatable bonds is 5. The molecular weight excluding hydrogens is 344 g/mol. The minimum atomic E-state index is -0.558. The van der Waals surface area contributed by atoms with E-state index < -0.39 is 6.03 Å². The van der Waals surface area contributed by atoms with E-state index in [1.807, 2.05) is 30.3 Å². The highest BCUT2D eigenvalue weighted by Gasteiger charge is 2.22. The molecule has 3 rings (SSSR count). The molecule has 0 unspecified atom stereocenters. The van der Waals surface area contributed by atoms with Crippen molar-refractivity contribution in [2.45, 2.75) is 12.8 Å². The number of urea groups is 1. The van der Waals surface area contributed by atoms with Gasteiger partial charge < -0.3 is 20.9 Å². The Morgan fingerprint density at radius 3 is 2.41 bits per heavy atom. The fourth-order valence-electron chi connectivity index (χ4n) is 2.99. The third-order valence-electron chi connectivity index (χ3n) is 4.28. The lowest BCUT2D eigenvalue weighted by atomic mass is 10.0. The molecule has 140 valence electrons. The molecule has 1 aliphatic rings. The first-order valence-corrected chi connectivity index (χ1v) is 8.88. The number of hydrogen-bond donors (Lipinski definition) is 3. The predicted molar refractivity (Wildman–Crippen MR) is 104 cm³/mol. The summed E-state index contributed by atoms with van der Waals surface area (Å²) in [6.45, 7) is 0.334. The van der Waals surface area contributed by atoms with Crippen LogP contribution in [0.15, 0.2) is 54.6 Å². The number of benzene rings is 2. The van der Waals surface area contributed by atoms with Gasteiger partial charge in [-0.1, -0.05) is 36.4 Å². The topological polar surface area (TPSA) is 90.5 Å². The molecule has 0 saturated heterocycles. The van der Waals surface area contributed by atoms with Gasteiger partial charge in [0.15, 0.2) is 0 Å². The third-order valence-corrected chi connectivity index (χ3v) is 4.28. The summed E-state index contributed by atoms with van der Waals surface area (Å²) in [4.78, 5) is 37.8. The van der Waals surface area contributed by atoms with Crippen molar-refractivity contribution < 1.29 is 14.4 Å². The molecule has 0 fully saturated rings. The van der Waals surface area contributed by atoms with Crippen LogP contribution in [-0.2, 0) is 16.0 Å². The second kappa shape index (κ2) is 8.84. The largest absolute Gasteiger partial charge is 0.329 e. The highest BCUT2D eigenvalue weighted by molar-refractivity contribution is 5.98. The van der Waals surface area contributed by atoms with E-state index in [1.54, 1.807) is 29.2 Å². The van der Waals surface area contributed by atoms with Crippen molar-refractivity contribution in [3.05, 3.63) is 60.2 Å². The maximum atomic E-state index is 12.4. The summed E-state index contributed by atoms with van der Waals surface area (Å²) in [6, 6.07) is 16.2. The van der Waals surface area contributed by atoms with Gasteiger partial charge in [0.2, 0.25) is 11.8 Å². The van der Waals surface area contributed by atoms with E-state index in [0.717, 1.165) is 24.1 Å². The van der Waals surface area contributed by atoms with E-state index in [2.05, 4.69) is 16.0 Å². The Labute approximate surface area is 157 Å². The van der Waals surface area contributed by atoms with Gasteiger partial charge in [-0.05, 0) is 36.6 Å². The maximum absolute atomic E-state index is 12.4. The van der Waals surface area contributed by atoms with Crippen molar-refractivity contribution in [2.75, 3.05) is 29.9 Å². The van der Waals surface area contributed by atoms with E-state index in [0.29, 0.717) is 12.2 Å². The van der Waals surface area contributed by atoms with Gasteiger partial charge >= 0.3 is 6.03 Å². The second-order valence-electron chi connectivity index (χ2n) is 6.23. The zero-order valence-electron chi connectivity index (χ0n) is 14.9. The van der Waals surface area contributed by atoms with E-state index in [1.165, 1.54) is 0 Å². The molecule has 1 aliphatic heterocycles. The number of para-hydroxylation sites is 2. The molecule has 0 saturated carbocycles. The molecule has 0 atom stereocenters. The average molecular weight is 366 g/mol. The SMILES string of the molecule is O=C(CNC(=O)NCC(=O)N1CCCc2ccccc21)Nc1ccccc1. The van der Waals surface area contributed by atoms with Gasteiger partial charge in [-0.2, -0.15) is 0 Å². The van der Waals surface area contributed by atoms with Crippen LogP contribution in [0.4, 0.5) is 16.2 Å². The maximum Gasteiger partial charge on any atom is 0.315 e. The zero-order chi connectivity index (χ0) is 19.1. The smallest absolute Gasteiger partial charge is 0.315 e. The van der Waals surface area contributed by atoms with Crippen LogP contribution < -0.4 is 20.9 Å². The van der Waals surface area contributed by atoms with Crippen molar-refractivity contribution in [3.8, 4) is 0 Å². The molecule has 27 heavy (non-hydrogen) atoms. The predicted octanol–water partition coefficient (Wildman–Crippen LogP) is 1.90. The number of nitrogens with one attached hydrogen (secondary N) is 3. The lowest BCUT2D eigenvalue weighted by Crippen LogP contribution is -2.46. The summed E-state index contributed by atoms with van der Waals surface area (Å²) in [6.07, 6.45) is 1.85. The normalized spacial score (nSPS) is 12.7. The minimum absolute atomic E-state index is 0.125. The molecule has 0 aromatic heterocycles. The molecular formula is C20H22N4O3. The quantitative estimate of drug-likeness (QED) is 0.755. The second-order valence-corrected chi connectivity index (χ2v) is 6.23. The van der Waals surface area contributed by atoms with Crippen LogP contribution >= 0.6 is 0 Å². The van der Waals surface area contributed by atoms with Gasteiger partial charge in [0.25, 0.3) is 0 Å². The van der Waals surface area contributed by atoms with Gasteiger partial charge in [-0.15, -0.1) is 0 Å². The fraction of sp³-hybridized carbons (Fsp3) is 0.250. The Bertz CT molecular complexity index is 823. The number of carbonyl (C=O) groups excluding carboxylic acids is 3. The van der Waals surface area contributed by atoms with E-state index in [4.69, 9.17) is 0 Å². The van der Waals surface area contributed by atoms with Gasteiger partial charge in [0.05, 0.1) is 13.1 Å². The van der Waals surface area contributed by atoms with Crippen LogP contribution in [0.25, 0.3) is 0 Å². The first kappa shape index (κ1) is 18.4. The summed E-state index contributed by atoms with van der Waals surface area (Å²) in [5.41, 5.74) is 2.70. The highest BCUT2D eigenvalue weighted by Crippen LogP contribution is 2.26.